The van der Waals surface area contributed by atoms with Crippen LogP contribution in [0.4, 0.5) is 13.2 Å². The van der Waals surface area contributed by atoms with E-state index in [0.29, 0.717) is 30.6 Å². The summed E-state index contributed by atoms with van der Waals surface area (Å²) in [6.45, 7) is 2.93. The molecule has 2 amide bonds. The maximum absolute atomic E-state index is 12.9. The molecular formula is C20H21F3N4O3. The number of carbonyl (C=O) groups excluding carboxylic acids is 2. The Morgan fingerprint density at radius 2 is 1.80 bits per heavy atom. The topological polar surface area (TPSA) is 85.3 Å². The first-order valence-electron chi connectivity index (χ1n) is 9.58. The van der Waals surface area contributed by atoms with E-state index in [-0.39, 0.29) is 23.3 Å². The molecule has 3 unspecified atom stereocenters. The Morgan fingerprint density at radius 1 is 1.17 bits per heavy atom. The van der Waals surface area contributed by atoms with Crippen molar-refractivity contribution in [3.63, 3.8) is 0 Å². The average molecular weight is 422 g/mol. The highest BCUT2D eigenvalue weighted by molar-refractivity contribution is 5.98. The van der Waals surface area contributed by atoms with Crippen LogP contribution < -0.4 is 10.6 Å². The molecule has 2 aliphatic rings. The van der Waals surface area contributed by atoms with Crippen molar-refractivity contribution in [1.29, 1.82) is 0 Å². The number of nitrogens with one attached hydrogen (secondary N) is 2. The van der Waals surface area contributed by atoms with Crippen molar-refractivity contribution >= 4 is 11.8 Å². The van der Waals surface area contributed by atoms with Crippen molar-refractivity contribution in [1.82, 2.24) is 20.4 Å². The van der Waals surface area contributed by atoms with Gasteiger partial charge in [-0.05, 0) is 24.6 Å². The predicted octanol–water partition coefficient (Wildman–Crippen LogP) is 2.25. The second-order valence-electron chi connectivity index (χ2n) is 7.60. The highest BCUT2D eigenvalue weighted by atomic mass is 19.4. The Balaban J connectivity index is 1.61. The fourth-order valence-electron chi connectivity index (χ4n) is 3.87. The van der Waals surface area contributed by atoms with Crippen molar-refractivity contribution in [2.45, 2.75) is 25.2 Å². The van der Waals surface area contributed by atoms with Gasteiger partial charge in [-0.3, -0.25) is 14.3 Å². The second kappa shape index (κ2) is 7.42. The summed E-state index contributed by atoms with van der Waals surface area (Å²) >= 11 is 0. The summed E-state index contributed by atoms with van der Waals surface area (Å²) in [4.78, 5) is 24.9. The van der Waals surface area contributed by atoms with Gasteiger partial charge in [0.2, 0.25) is 0 Å². The number of fused-ring (bicyclic) bond motifs is 1. The molecule has 2 heterocycles. The molecule has 1 aromatic carbocycles. The zero-order valence-electron chi connectivity index (χ0n) is 16.4. The number of hydrogen-bond acceptors (Lipinski definition) is 4. The molecule has 2 fully saturated rings. The van der Waals surface area contributed by atoms with E-state index in [9.17, 15) is 22.8 Å². The molecule has 10 heteroatoms. The van der Waals surface area contributed by atoms with E-state index in [2.05, 4.69) is 15.7 Å². The molecule has 0 spiro atoms. The van der Waals surface area contributed by atoms with E-state index in [0.717, 1.165) is 12.1 Å². The third-order valence-corrected chi connectivity index (χ3v) is 5.77. The van der Waals surface area contributed by atoms with Crippen LogP contribution in [-0.4, -0.2) is 47.9 Å². The number of hydrogen-bond donors (Lipinski definition) is 2. The van der Waals surface area contributed by atoms with Crippen molar-refractivity contribution in [2.24, 2.45) is 11.8 Å². The van der Waals surface area contributed by atoms with Gasteiger partial charge in [0.05, 0.1) is 24.8 Å². The minimum absolute atomic E-state index is 0.0272. The number of amides is 2. The first-order chi connectivity index (χ1) is 14.2. The zero-order valence-corrected chi connectivity index (χ0v) is 16.4. The second-order valence-corrected chi connectivity index (χ2v) is 7.60. The highest BCUT2D eigenvalue weighted by Gasteiger charge is 2.55. The molecule has 1 aliphatic heterocycles. The maximum atomic E-state index is 12.9. The molecule has 1 saturated heterocycles. The summed E-state index contributed by atoms with van der Waals surface area (Å²) in [7, 11) is 1.45. The molecular weight excluding hydrogens is 401 g/mol. The van der Waals surface area contributed by atoms with E-state index in [1.54, 1.807) is 6.92 Å². The summed E-state index contributed by atoms with van der Waals surface area (Å²) in [5.74, 6) is -0.234. The average Bonchev–Trinajstić information content (AvgIpc) is 3.11. The van der Waals surface area contributed by atoms with Gasteiger partial charge in [0, 0.05) is 31.0 Å². The number of halogens is 3. The van der Waals surface area contributed by atoms with Gasteiger partial charge in [-0.15, -0.1) is 0 Å². The first-order valence-corrected chi connectivity index (χ1v) is 9.58. The van der Waals surface area contributed by atoms with Crippen LogP contribution >= 0.6 is 0 Å². The largest absolute Gasteiger partial charge is 0.416 e. The fraction of sp³-hybridized carbons (Fsp3) is 0.450. The van der Waals surface area contributed by atoms with Gasteiger partial charge in [0.1, 0.15) is 5.69 Å². The van der Waals surface area contributed by atoms with Crippen LogP contribution in [-0.2, 0) is 10.9 Å². The molecule has 30 heavy (non-hydrogen) atoms. The van der Waals surface area contributed by atoms with Crippen molar-refractivity contribution < 1.29 is 27.5 Å². The summed E-state index contributed by atoms with van der Waals surface area (Å²) in [5.41, 5.74) is -0.00153. The monoisotopic (exact) mass is 422 g/mol. The van der Waals surface area contributed by atoms with E-state index in [1.807, 2.05) is 0 Å². The molecule has 2 aromatic rings. The van der Waals surface area contributed by atoms with E-state index >= 15 is 0 Å². The van der Waals surface area contributed by atoms with Crippen LogP contribution in [0.2, 0.25) is 0 Å². The third kappa shape index (κ3) is 3.67. The molecule has 0 radical (unpaired) electrons. The van der Waals surface area contributed by atoms with Crippen LogP contribution in [0.15, 0.2) is 30.3 Å². The Kier molecular flexibility index (Phi) is 5.05. The Morgan fingerprint density at radius 3 is 2.37 bits per heavy atom. The van der Waals surface area contributed by atoms with E-state index in [1.165, 1.54) is 29.9 Å². The summed E-state index contributed by atoms with van der Waals surface area (Å²) in [6, 6.07) is 5.52. The van der Waals surface area contributed by atoms with Crippen LogP contribution in [0.25, 0.3) is 0 Å². The SMILES string of the molecule is CNC(=O)c1cc(C(=O)NC2C3COCC32)n(C(C)c2ccc(C(F)(F)F)cc2)n1. The van der Waals surface area contributed by atoms with Gasteiger partial charge in [-0.1, -0.05) is 12.1 Å². The molecule has 1 saturated carbocycles. The molecule has 160 valence electrons. The number of aromatic nitrogens is 2. The molecule has 1 aromatic heterocycles. The predicted molar refractivity (Wildman–Crippen MR) is 99.9 cm³/mol. The van der Waals surface area contributed by atoms with E-state index < -0.39 is 23.7 Å². The number of nitrogens with zero attached hydrogens (tertiary/aromatic N) is 2. The highest BCUT2D eigenvalue weighted by Crippen LogP contribution is 2.44. The van der Waals surface area contributed by atoms with Crippen LogP contribution in [0.3, 0.4) is 0 Å². The molecule has 2 N–H and O–H groups in total. The number of ether oxygens (including phenoxy) is 1. The third-order valence-electron chi connectivity index (χ3n) is 5.77. The molecule has 0 bridgehead atoms. The van der Waals surface area contributed by atoms with Gasteiger partial charge in [-0.2, -0.15) is 18.3 Å². The van der Waals surface area contributed by atoms with Crippen LogP contribution in [0.5, 0.6) is 0 Å². The van der Waals surface area contributed by atoms with Gasteiger partial charge in [0.15, 0.2) is 5.69 Å². The first kappa shape index (κ1) is 20.4. The lowest BCUT2D eigenvalue weighted by molar-refractivity contribution is -0.137. The molecule has 7 nitrogen and oxygen atoms in total. The number of alkyl halides is 3. The standard InChI is InChI=1S/C20H21F3N4O3/c1-10(11-3-5-12(6-4-11)20(21,22)23)27-16(7-15(26-27)18(28)24-2)19(29)25-17-13-8-30-9-14(13)17/h3-7,10,13-14,17H,8-9H2,1-2H3,(H,24,28)(H,25,29). The van der Waals surface area contributed by atoms with E-state index in [4.69, 9.17) is 4.74 Å². The maximum Gasteiger partial charge on any atom is 0.416 e. The van der Waals surface area contributed by atoms with Gasteiger partial charge in [0.25, 0.3) is 11.8 Å². The summed E-state index contributed by atoms with van der Waals surface area (Å²) in [5, 5.41) is 9.67. The zero-order chi connectivity index (χ0) is 21.6. The lowest BCUT2D eigenvalue weighted by Gasteiger charge is -2.17. The quantitative estimate of drug-likeness (QED) is 0.774. The van der Waals surface area contributed by atoms with Crippen molar-refractivity contribution in [3.8, 4) is 0 Å². The minimum Gasteiger partial charge on any atom is -0.381 e. The summed E-state index contributed by atoms with van der Waals surface area (Å²) in [6.07, 6.45) is -4.43. The van der Waals surface area contributed by atoms with Gasteiger partial charge in [-0.25, -0.2) is 0 Å². The molecule has 1 aliphatic carbocycles. The molecule has 4 rings (SSSR count). The number of benzene rings is 1. The van der Waals surface area contributed by atoms with Crippen LogP contribution in [0.1, 0.15) is 45.1 Å². The Labute approximate surface area is 170 Å². The lowest BCUT2D eigenvalue weighted by Crippen LogP contribution is -2.32. The lowest BCUT2D eigenvalue weighted by atomic mass is 10.1. The van der Waals surface area contributed by atoms with Crippen molar-refractivity contribution in [2.75, 3.05) is 20.3 Å². The number of carbonyl (C=O) groups is 2. The Bertz CT molecular complexity index is 961. The molecule has 3 atom stereocenters. The van der Waals surface area contributed by atoms with Crippen LogP contribution in [0, 0.1) is 11.8 Å². The normalized spacial score (nSPS) is 23.6. The van der Waals surface area contributed by atoms with Gasteiger partial charge < -0.3 is 15.4 Å². The minimum atomic E-state index is -4.43. The fourth-order valence-corrected chi connectivity index (χ4v) is 3.87. The smallest absolute Gasteiger partial charge is 0.381 e. The van der Waals surface area contributed by atoms with Gasteiger partial charge >= 0.3 is 6.18 Å². The van der Waals surface area contributed by atoms with Crippen molar-refractivity contribution in [3.05, 3.63) is 52.8 Å². The number of rotatable bonds is 5. The summed E-state index contributed by atoms with van der Waals surface area (Å²) < 4.78 is 45.2. The Hall–Kier alpha value is -2.88.